The van der Waals surface area contributed by atoms with E-state index in [4.69, 9.17) is 0 Å². The third-order valence-electron chi connectivity index (χ3n) is 3.83. The lowest BCUT2D eigenvalue weighted by Crippen LogP contribution is -2.23. The van der Waals surface area contributed by atoms with Crippen molar-refractivity contribution in [3.8, 4) is 0 Å². The molecule has 2 amide bonds. The summed E-state index contributed by atoms with van der Waals surface area (Å²) in [6.45, 7) is 3.91. The molecule has 0 radical (unpaired) electrons. The summed E-state index contributed by atoms with van der Waals surface area (Å²) in [7, 11) is 3.41. The van der Waals surface area contributed by atoms with Gasteiger partial charge in [-0.1, -0.05) is 13.8 Å². The molecule has 6 heteroatoms. The molecule has 0 spiro atoms. The second-order valence-corrected chi connectivity index (χ2v) is 7.50. The minimum atomic E-state index is -0.407. The summed E-state index contributed by atoms with van der Waals surface area (Å²) in [5, 5.41) is 2.78. The first kappa shape index (κ1) is 20.0. The Morgan fingerprint density at radius 2 is 1.73 bits per heavy atom. The Kier molecular flexibility index (Phi) is 6.80. The van der Waals surface area contributed by atoms with E-state index in [-0.39, 0.29) is 17.7 Å². The molecule has 0 aliphatic heterocycles. The lowest BCUT2D eigenvalue weighted by atomic mass is 10.0. The maximum absolute atomic E-state index is 13.7. The number of nitrogens with one attached hydrogen (secondary N) is 1. The third-order valence-corrected chi connectivity index (χ3v) is 4.72. The molecule has 2 aromatic rings. The average molecular weight is 374 g/mol. The predicted molar refractivity (Wildman–Crippen MR) is 103 cm³/mol. The van der Waals surface area contributed by atoms with Crippen LogP contribution in [0.3, 0.4) is 0 Å². The van der Waals surface area contributed by atoms with Crippen LogP contribution < -0.4 is 5.32 Å². The van der Waals surface area contributed by atoms with E-state index in [9.17, 15) is 14.0 Å². The summed E-state index contributed by atoms with van der Waals surface area (Å²) in [5.74, 6) is -0.266. The smallest absolute Gasteiger partial charge is 0.253 e. The normalized spacial score (nSPS) is 10.7. The molecular formula is C20H23FN2O2S. The van der Waals surface area contributed by atoms with E-state index in [0.717, 1.165) is 10.5 Å². The molecule has 0 heterocycles. The number of amides is 2. The molecule has 0 unspecified atom stereocenters. The molecule has 0 bridgehead atoms. The molecular weight excluding hydrogens is 351 g/mol. The first-order valence-corrected chi connectivity index (χ1v) is 9.29. The first-order valence-electron chi connectivity index (χ1n) is 8.31. The molecule has 0 aliphatic rings. The van der Waals surface area contributed by atoms with Crippen LogP contribution in [-0.4, -0.2) is 36.7 Å². The van der Waals surface area contributed by atoms with E-state index in [1.165, 1.54) is 28.8 Å². The van der Waals surface area contributed by atoms with Crippen LogP contribution in [0.15, 0.2) is 47.4 Å². The zero-order chi connectivity index (χ0) is 19.3. The predicted octanol–water partition coefficient (Wildman–Crippen LogP) is 4.13. The highest BCUT2D eigenvalue weighted by molar-refractivity contribution is 7.99. The maximum Gasteiger partial charge on any atom is 0.253 e. The van der Waals surface area contributed by atoms with Gasteiger partial charge in [-0.15, -0.1) is 11.8 Å². The second-order valence-electron chi connectivity index (χ2n) is 6.45. The Labute approximate surface area is 157 Å². The number of halogens is 1. The van der Waals surface area contributed by atoms with E-state index in [0.29, 0.717) is 17.0 Å². The highest BCUT2D eigenvalue weighted by Gasteiger charge is 2.11. The Balaban J connectivity index is 1.93. The van der Waals surface area contributed by atoms with E-state index in [2.05, 4.69) is 5.32 Å². The van der Waals surface area contributed by atoms with Crippen molar-refractivity contribution in [2.75, 3.05) is 20.0 Å². The minimum absolute atomic E-state index is 0.0538. The summed E-state index contributed by atoms with van der Waals surface area (Å²) in [5.41, 5.74) is 1.73. The first-order chi connectivity index (χ1) is 12.3. The standard InChI is InChI=1S/C20H23FN2O2S/c1-13(2)15-9-16(11-17(21)10-15)19(24)22-12-26-18-7-5-14(6-8-18)20(25)23(3)4/h5-11,13H,12H2,1-4H3,(H,22,24). The fourth-order valence-corrected chi connectivity index (χ4v) is 3.01. The number of rotatable bonds is 6. The molecule has 2 aromatic carbocycles. The van der Waals surface area contributed by atoms with Gasteiger partial charge in [0.1, 0.15) is 5.82 Å². The van der Waals surface area contributed by atoms with Crippen molar-refractivity contribution in [1.29, 1.82) is 0 Å². The van der Waals surface area contributed by atoms with Gasteiger partial charge >= 0.3 is 0 Å². The molecule has 0 aliphatic carbocycles. The number of hydrogen-bond acceptors (Lipinski definition) is 3. The number of carbonyl (C=O) groups excluding carboxylic acids is 2. The van der Waals surface area contributed by atoms with Crippen molar-refractivity contribution in [2.24, 2.45) is 0 Å². The van der Waals surface area contributed by atoms with Gasteiger partial charge in [0.15, 0.2) is 0 Å². The fourth-order valence-electron chi connectivity index (χ4n) is 2.32. The highest BCUT2D eigenvalue weighted by atomic mass is 32.2. The van der Waals surface area contributed by atoms with E-state index < -0.39 is 5.82 Å². The van der Waals surface area contributed by atoms with Crippen LogP contribution in [0.1, 0.15) is 46.0 Å². The summed E-state index contributed by atoms with van der Waals surface area (Å²) in [6, 6.07) is 11.6. The lowest BCUT2D eigenvalue weighted by molar-refractivity contribution is 0.0827. The average Bonchev–Trinajstić information content (AvgIpc) is 2.60. The van der Waals surface area contributed by atoms with Gasteiger partial charge in [0, 0.05) is 30.1 Å². The molecule has 138 valence electrons. The van der Waals surface area contributed by atoms with Gasteiger partial charge < -0.3 is 10.2 Å². The van der Waals surface area contributed by atoms with E-state index in [1.807, 2.05) is 26.0 Å². The fraction of sp³-hybridized carbons (Fsp3) is 0.300. The SMILES string of the molecule is CC(C)c1cc(F)cc(C(=O)NCSc2ccc(C(=O)N(C)C)cc2)c1. The van der Waals surface area contributed by atoms with Crippen LogP contribution >= 0.6 is 11.8 Å². The topological polar surface area (TPSA) is 49.4 Å². The third kappa shape index (κ3) is 5.33. The monoisotopic (exact) mass is 374 g/mol. The molecule has 0 atom stereocenters. The van der Waals surface area contributed by atoms with Crippen molar-refractivity contribution in [3.63, 3.8) is 0 Å². The number of thioether (sulfide) groups is 1. The van der Waals surface area contributed by atoms with Crippen LogP contribution in [0.2, 0.25) is 0 Å². The summed E-state index contributed by atoms with van der Waals surface area (Å²) in [4.78, 5) is 26.5. The van der Waals surface area contributed by atoms with Gasteiger partial charge in [0.25, 0.3) is 11.8 Å². The van der Waals surface area contributed by atoms with E-state index >= 15 is 0 Å². The van der Waals surface area contributed by atoms with Crippen molar-refractivity contribution in [3.05, 3.63) is 65.0 Å². The summed E-state index contributed by atoms with van der Waals surface area (Å²) < 4.78 is 13.7. The molecule has 1 N–H and O–H groups in total. The molecule has 0 saturated carbocycles. The van der Waals surface area contributed by atoms with Crippen LogP contribution in [0.5, 0.6) is 0 Å². The lowest BCUT2D eigenvalue weighted by Gasteiger charge is -2.11. The van der Waals surface area contributed by atoms with Crippen molar-refractivity contribution < 1.29 is 14.0 Å². The molecule has 4 nitrogen and oxygen atoms in total. The number of hydrogen-bond donors (Lipinski definition) is 1. The van der Waals surface area contributed by atoms with Crippen molar-refractivity contribution in [2.45, 2.75) is 24.7 Å². The molecule has 0 saturated heterocycles. The second kappa shape index (κ2) is 8.85. The van der Waals surface area contributed by atoms with Crippen molar-refractivity contribution in [1.82, 2.24) is 10.2 Å². The Morgan fingerprint density at radius 3 is 2.31 bits per heavy atom. The number of nitrogens with zero attached hydrogens (tertiary/aromatic N) is 1. The van der Waals surface area contributed by atoms with Gasteiger partial charge in [0.2, 0.25) is 0 Å². The van der Waals surface area contributed by atoms with Gasteiger partial charge in [-0.25, -0.2) is 4.39 Å². The molecule has 0 aromatic heterocycles. The minimum Gasteiger partial charge on any atom is -0.345 e. The number of benzene rings is 2. The summed E-state index contributed by atoms with van der Waals surface area (Å²) >= 11 is 1.44. The quantitative estimate of drug-likeness (QED) is 0.611. The van der Waals surface area contributed by atoms with Gasteiger partial charge in [-0.05, 0) is 53.9 Å². The highest BCUT2D eigenvalue weighted by Crippen LogP contribution is 2.20. The van der Waals surface area contributed by atoms with Crippen LogP contribution in [0, 0.1) is 5.82 Å². The van der Waals surface area contributed by atoms with Gasteiger partial charge in [-0.3, -0.25) is 9.59 Å². The maximum atomic E-state index is 13.7. The van der Waals surface area contributed by atoms with Gasteiger partial charge in [-0.2, -0.15) is 0 Å². The molecule has 0 fully saturated rings. The van der Waals surface area contributed by atoms with Crippen molar-refractivity contribution >= 4 is 23.6 Å². The van der Waals surface area contributed by atoms with E-state index in [1.54, 1.807) is 32.3 Å². The van der Waals surface area contributed by atoms with Crippen LogP contribution in [0.25, 0.3) is 0 Å². The van der Waals surface area contributed by atoms with Gasteiger partial charge in [0.05, 0.1) is 5.88 Å². The Hall–Kier alpha value is -2.34. The largest absolute Gasteiger partial charge is 0.345 e. The number of carbonyl (C=O) groups is 2. The zero-order valence-corrected chi connectivity index (χ0v) is 16.2. The Bertz CT molecular complexity index is 789. The summed E-state index contributed by atoms with van der Waals surface area (Å²) in [6.07, 6.45) is 0. The Morgan fingerprint density at radius 1 is 1.08 bits per heavy atom. The van der Waals surface area contributed by atoms with Crippen LogP contribution in [-0.2, 0) is 0 Å². The zero-order valence-electron chi connectivity index (χ0n) is 15.4. The molecule has 2 rings (SSSR count). The molecule has 26 heavy (non-hydrogen) atoms. The van der Waals surface area contributed by atoms with Crippen LogP contribution in [0.4, 0.5) is 4.39 Å².